The third-order valence-corrected chi connectivity index (χ3v) is 4.16. The predicted octanol–water partition coefficient (Wildman–Crippen LogP) is 2.92. The van der Waals surface area contributed by atoms with Crippen molar-refractivity contribution in [1.82, 2.24) is 4.57 Å². The molecular weight excluding hydrogens is 334 g/mol. The van der Waals surface area contributed by atoms with Crippen molar-refractivity contribution in [2.24, 2.45) is 0 Å². The number of carbonyl (C=O) groups excluding carboxylic acids is 2. The van der Waals surface area contributed by atoms with Crippen LogP contribution >= 0.6 is 0 Å². The van der Waals surface area contributed by atoms with Crippen LogP contribution in [0, 0.1) is 0 Å². The number of ether oxygens (including phenoxy) is 1. The lowest BCUT2D eigenvalue weighted by Crippen LogP contribution is -2.17. The zero-order chi connectivity index (χ0) is 18.7. The van der Waals surface area contributed by atoms with Crippen LogP contribution in [-0.4, -0.2) is 34.3 Å². The van der Waals surface area contributed by atoms with Crippen molar-refractivity contribution < 1.29 is 24.2 Å². The molecule has 0 spiro atoms. The molecule has 0 radical (unpaired) electrons. The van der Waals surface area contributed by atoms with Gasteiger partial charge in [0.1, 0.15) is 5.75 Å². The lowest BCUT2D eigenvalue weighted by molar-refractivity contribution is -0.148. The minimum Gasteiger partial charge on any atom is -0.497 e. The fourth-order valence-electron chi connectivity index (χ4n) is 2.84. The summed E-state index contributed by atoms with van der Waals surface area (Å²) in [5.74, 6) is -2.45. The molecule has 0 aliphatic rings. The normalized spacial score (nSPS) is 10.7. The average Bonchev–Trinajstić information content (AvgIpc) is 3.01. The monoisotopic (exact) mass is 351 g/mol. The number of aliphatic carboxylic acids is 1. The molecule has 0 aliphatic carbocycles. The van der Waals surface area contributed by atoms with E-state index in [1.807, 2.05) is 41.0 Å². The Morgan fingerprint density at radius 1 is 1.04 bits per heavy atom. The van der Waals surface area contributed by atoms with E-state index in [9.17, 15) is 14.4 Å². The van der Waals surface area contributed by atoms with Gasteiger partial charge < -0.3 is 14.4 Å². The molecule has 0 amide bonds. The molecule has 3 rings (SSSR count). The van der Waals surface area contributed by atoms with Gasteiger partial charge in [-0.1, -0.05) is 30.3 Å². The number of rotatable bonds is 7. The molecule has 0 fully saturated rings. The third kappa shape index (κ3) is 3.49. The van der Waals surface area contributed by atoms with Crippen LogP contribution in [0.25, 0.3) is 10.9 Å². The molecular formula is C20H17NO5. The van der Waals surface area contributed by atoms with Gasteiger partial charge in [0, 0.05) is 29.2 Å². The fourth-order valence-corrected chi connectivity index (χ4v) is 2.84. The highest BCUT2D eigenvalue weighted by Gasteiger charge is 2.21. The summed E-state index contributed by atoms with van der Waals surface area (Å²) in [6, 6.07) is 14.9. The number of methoxy groups -OCH3 is 1. The number of benzene rings is 2. The van der Waals surface area contributed by atoms with Crippen molar-refractivity contribution in [3.05, 3.63) is 65.9 Å². The summed E-state index contributed by atoms with van der Waals surface area (Å²) >= 11 is 0. The first kappa shape index (κ1) is 17.4. The Bertz CT molecular complexity index is 985. The number of hydrogen-bond acceptors (Lipinski definition) is 4. The zero-order valence-corrected chi connectivity index (χ0v) is 14.1. The number of fused-ring (bicyclic) bond motifs is 1. The van der Waals surface area contributed by atoms with Crippen molar-refractivity contribution in [3.63, 3.8) is 0 Å². The van der Waals surface area contributed by atoms with Gasteiger partial charge in [0.2, 0.25) is 5.78 Å². The molecule has 132 valence electrons. The maximum atomic E-state index is 12.4. The van der Waals surface area contributed by atoms with Gasteiger partial charge in [0.25, 0.3) is 0 Å². The number of para-hydroxylation sites is 1. The number of nitrogens with zero attached hydrogens (tertiary/aromatic N) is 1. The summed E-state index contributed by atoms with van der Waals surface area (Å²) in [6.07, 6.45) is 1.03. The second-order valence-corrected chi connectivity index (χ2v) is 5.86. The molecule has 1 N–H and O–H groups in total. The summed E-state index contributed by atoms with van der Waals surface area (Å²) in [7, 11) is 1.60. The fraction of sp³-hybridized carbons (Fsp3) is 0.150. The lowest BCUT2D eigenvalue weighted by Gasteiger charge is -2.06. The quantitative estimate of drug-likeness (QED) is 0.402. The Kier molecular flexibility index (Phi) is 4.84. The first-order valence-electron chi connectivity index (χ1n) is 7.99. The molecule has 0 bridgehead atoms. The van der Waals surface area contributed by atoms with E-state index >= 15 is 0 Å². The molecule has 1 heterocycles. The largest absolute Gasteiger partial charge is 0.497 e. The predicted molar refractivity (Wildman–Crippen MR) is 95.6 cm³/mol. The highest BCUT2D eigenvalue weighted by Crippen LogP contribution is 2.24. The van der Waals surface area contributed by atoms with Crippen LogP contribution in [0.15, 0.2) is 54.7 Å². The van der Waals surface area contributed by atoms with Gasteiger partial charge in [0.15, 0.2) is 5.78 Å². The second-order valence-electron chi connectivity index (χ2n) is 5.86. The number of aromatic nitrogens is 1. The molecule has 6 nitrogen and oxygen atoms in total. The first-order valence-corrected chi connectivity index (χ1v) is 7.99. The molecule has 0 saturated carbocycles. The molecule has 0 unspecified atom stereocenters. The Morgan fingerprint density at radius 3 is 2.38 bits per heavy atom. The molecule has 3 aromatic rings. The maximum absolute atomic E-state index is 12.4. The van der Waals surface area contributed by atoms with Crippen molar-refractivity contribution in [2.75, 3.05) is 7.11 Å². The summed E-state index contributed by atoms with van der Waals surface area (Å²) in [5.41, 5.74) is 2.21. The Morgan fingerprint density at radius 2 is 1.73 bits per heavy atom. The summed E-state index contributed by atoms with van der Waals surface area (Å²) in [4.78, 5) is 34.5. The molecule has 1 aromatic heterocycles. The van der Waals surface area contributed by atoms with E-state index in [0.717, 1.165) is 16.8 Å². The Balaban J connectivity index is 1.95. The number of carboxylic acids is 1. The molecule has 6 heteroatoms. The van der Waals surface area contributed by atoms with Crippen molar-refractivity contribution >= 4 is 28.4 Å². The summed E-state index contributed by atoms with van der Waals surface area (Å²) in [6.45, 7) is 0.532. The zero-order valence-electron chi connectivity index (χ0n) is 14.1. The Labute approximate surface area is 149 Å². The van der Waals surface area contributed by atoms with Crippen molar-refractivity contribution in [2.45, 2.75) is 13.0 Å². The van der Waals surface area contributed by atoms with Gasteiger partial charge in [-0.25, -0.2) is 4.79 Å². The maximum Gasteiger partial charge on any atom is 0.372 e. The van der Waals surface area contributed by atoms with Gasteiger partial charge in [0.05, 0.1) is 13.5 Å². The standard InChI is InChI=1S/C20H17NO5/c1-26-14-8-6-13(7-9-14)11-21-12-16(15-4-2-3-5-17(15)21)18(22)10-19(23)20(24)25/h2-9,12H,10-11H2,1H3,(H,24,25). The first-order chi connectivity index (χ1) is 12.5. The van der Waals surface area contributed by atoms with Crippen molar-refractivity contribution in [3.8, 4) is 5.75 Å². The van der Waals surface area contributed by atoms with E-state index in [1.54, 1.807) is 25.4 Å². The van der Waals surface area contributed by atoms with E-state index in [1.165, 1.54) is 0 Å². The van der Waals surface area contributed by atoms with Crippen LogP contribution in [0.3, 0.4) is 0 Å². The van der Waals surface area contributed by atoms with Crippen LogP contribution < -0.4 is 4.74 Å². The van der Waals surface area contributed by atoms with Gasteiger partial charge in [-0.05, 0) is 23.8 Å². The van der Waals surface area contributed by atoms with E-state index in [2.05, 4.69) is 0 Å². The van der Waals surface area contributed by atoms with Crippen LogP contribution in [0.1, 0.15) is 22.3 Å². The van der Waals surface area contributed by atoms with E-state index in [-0.39, 0.29) is 0 Å². The summed E-state index contributed by atoms with van der Waals surface area (Å²) in [5, 5.41) is 9.41. The van der Waals surface area contributed by atoms with Gasteiger partial charge >= 0.3 is 5.97 Å². The number of Topliss-reactive ketones (excluding diaryl/α,β-unsaturated/α-hetero) is 2. The SMILES string of the molecule is COc1ccc(Cn2cc(C(=O)CC(=O)C(=O)O)c3ccccc32)cc1. The topological polar surface area (TPSA) is 85.6 Å². The molecule has 0 aliphatic heterocycles. The van der Waals surface area contributed by atoms with Gasteiger partial charge in [-0.15, -0.1) is 0 Å². The minimum atomic E-state index is -1.60. The van der Waals surface area contributed by atoms with E-state index in [0.29, 0.717) is 17.5 Å². The average molecular weight is 351 g/mol. The molecule has 2 aromatic carbocycles. The van der Waals surface area contributed by atoms with Crippen LogP contribution in [0.5, 0.6) is 5.75 Å². The highest BCUT2D eigenvalue weighted by atomic mass is 16.5. The number of hydrogen-bond donors (Lipinski definition) is 1. The summed E-state index contributed by atoms with van der Waals surface area (Å²) < 4.78 is 7.06. The van der Waals surface area contributed by atoms with E-state index in [4.69, 9.17) is 9.84 Å². The highest BCUT2D eigenvalue weighted by molar-refractivity contribution is 6.37. The van der Waals surface area contributed by atoms with E-state index < -0.39 is 24.0 Å². The number of carbonyl (C=O) groups is 3. The Hall–Kier alpha value is -3.41. The molecule has 26 heavy (non-hydrogen) atoms. The van der Waals surface area contributed by atoms with Crippen LogP contribution in [-0.2, 0) is 16.1 Å². The third-order valence-electron chi connectivity index (χ3n) is 4.16. The number of carboxylic acid groups (broad SMARTS) is 1. The minimum absolute atomic E-state index is 0.351. The van der Waals surface area contributed by atoms with Crippen molar-refractivity contribution in [1.29, 1.82) is 0 Å². The van der Waals surface area contributed by atoms with Crippen LogP contribution in [0.2, 0.25) is 0 Å². The molecule has 0 atom stereocenters. The second kappa shape index (κ2) is 7.23. The van der Waals surface area contributed by atoms with Gasteiger partial charge in [-0.2, -0.15) is 0 Å². The van der Waals surface area contributed by atoms with Gasteiger partial charge in [-0.3, -0.25) is 9.59 Å². The number of ketones is 2. The van der Waals surface area contributed by atoms with Crippen LogP contribution in [0.4, 0.5) is 0 Å². The smallest absolute Gasteiger partial charge is 0.372 e. The molecule has 0 saturated heterocycles. The lowest BCUT2D eigenvalue weighted by atomic mass is 10.1.